The van der Waals surface area contributed by atoms with Crippen molar-refractivity contribution in [2.75, 3.05) is 22.6 Å². The number of nitrogens with zero attached hydrogens (tertiary/aromatic N) is 3. The van der Waals surface area contributed by atoms with Gasteiger partial charge in [-0.2, -0.15) is 5.10 Å². The van der Waals surface area contributed by atoms with E-state index in [2.05, 4.69) is 15.4 Å². The van der Waals surface area contributed by atoms with Gasteiger partial charge in [-0.25, -0.2) is 18.1 Å². The number of carbonyl (C=O) groups is 1. The molecule has 1 fully saturated rings. The Labute approximate surface area is 144 Å². The number of amides is 1. The Morgan fingerprint density at radius 3 is 2.96 bits per heavy atom. The van der Waals surface area contributed by atoms with Gasteiger partial charge in [-0.05, 0) is 25.5 Å². The number of anilines is 1. The van der Waals surface area contributed by atoms with E-state index in [0.717, 1.165) is 10.7 Å². The number of aromatic nitrogens is 3. The minimum Gasteiger partial charge on any atom is -0.310 e. The lowest BCUT2D eigenvalue weighted by atomic mass is 10.3. The molecule has 3 heterocycles. The number of aryl methyl sites for hydroxylation is 1. The van der Waals surface area contributed by atoms with Crippen molar-refractivity contribution < 1.29 is 13.2 Å². The maximum Gasteiger partial charge on any atom is 0.235 e. The average molecular weight is 366 g/mol. The largest absolute Gasteiger partial charge is 0.310 e. The van der Waals surface area contributed by atoms with Crippen LogP contribution in [0.25, 0.3) is 0 Å². The summed E-state index contributed by atoms with van der Waals surface area (Å²) >= 11 is 1.34. The standard InChI is InChI=1S/C15H18N4O3S2/c1-11-8-13(19(18-11)12-5-7-24(21,22)10-12)17-14(20)9-23-15-4-2-3-6-16-15/h2-4,6,8,12H,5,7,9-10H2,1H3,(H,17,20)/t12-/m1/s1. The highest BCUT2D eigenvalue weighted by atomic mass is 32.2. The van der Waals surface area contributed by atoms with Crippen LogP contribution < -0.4 is 5.32 Å². The van der Waals surface area contributed by atoms with Crippen LogP contribution in [0.4, 0.5) is 5.82 Å². The van der Waals surface area contributed by atoms with E-state index < -0.39 is 9.84 Å². The summed E-state index contributed by atoms with van der Waals surface area (Å²) in [4.78, 5) is 16.3. The Balaban J connectivity index is 1.66. The predicted molar refractivity (Wildman–Crippen MR) is 92.9 cm³/mol. The quantitative estimate of drug-likeness (QED) is 0.809. The highest BCUT2D eigenvalue weighted by Gasteiger charge is 2.31. The minimum absolute atomic E-state index is 0.0691. The molecule has 1 aliphatic rings. The molecule has 0 aliphatic carbocycles. The number of hydrogen-bond donors (Lipinski definition) is 1. The minimum atomic E-state index is -3.01. The summed E-state index contributed by atoms with van der Waals surface area (Å²) in [5, 5.41) is 7.95. The van der Waals surface area contributed by atoms with Crippen LogP contribution in [-0.4, -0.2) is 46.3 Å². The summed E-state index contributed by atoms with van der Waals surface area (Å²) in [6.07, 6.45) is 2.20. The summed E-state index contributed by atoms with van der Waals surface area (Å²) in [5.41, 5.74) is 0.743. The van der Waals surface area contributed by atoms with E-state index in [4.69, 9.17) is 0 Å². The van der Waals surface area contributed by atoms with E-state index in [1.807, 2.05) is 25.1 Å². The molecule has 1 atom stereocenters. The number of rotatable bonds is 5. The third kappa shape index (κ3) is 4.15. The van der Waals surface area contributed by atoms with Gasteiger partial charge in [0.15, 0.2) is 9.84 Å². The zero-order chi connectivity index (χ0) is 17.2. The molecule has 0 aromatic carbocycles. The van der Waals surface area contributed by atoms with Crippen LogP contribution in [0.1, 0.15) is 18.2 Å². The molecule has 24 heavy (non-hydrogen) atoms. The first-order valence-electron chi connectivity index (χ1n) is 7.53. The fraction of sp³-hybridized carbons (Fsp3) is 0.400. The van der Waals surface area contributed by atoms with E-state index >= 15 is 0 Å². The molecule has 1 N–H and O–H groups in total. The Hall–Kier alpha value is -1.87. The Kier molecular flexibility index (Phi) is 4.91. The Morgan fingerprint density at radius 2 is 2.29 bits per heavy atom. The molecule has 1 saturated heterocycles. The fourth-order valence-electron chi connectivity index (χ4n) is 2.61. The van der Waals surface area contributed by atoms with Crippen molar-refractivity contribution >= 4 is 33.3 Å². The van der Waals surface area contributed by atoms with Gasteiger partial charge in [-0.15, -0.1) is 0 Å². The molecule has 1 amide bonds. The molecule has 0 unspecified atom stereocenters. The molecule has 0 bridgehead atoms. The SMILES string of the molecule is Cc1cc(NC(=O)CSc2ccccn2)n([C@@H]2CCS(=O)(=O)C2)n1. The van der Waals surface area contributed by atoms with Gasteiger partial charge in [0.1, 0.15) is 5.82 Å². The molecule has 9 heteroatoms. The van der Waals surface area contributed by atoms with E-state index in [1.165, 1.54) is 11.8 Å². The van der Waals surface area contributed by atoms with Gasteiger partial charge in [0.2, 0.25) is 5.91 Å². The van der Waals surface area contributed by atoms with Crippen molar-refractivity contribution in [1.29, 1.82) is 0 Å². The summed E-state index contributed by atoms with van der Waals surface area (Å²) in [6.45, 7) is 1.82. The first-order chi connectivity index (χ1) is 11.4. The van der Waals surface area contributed by atoms with Gasteiger partial charge in [0.05, 0.1) is 34.0 Å². The zero-order valence-electron chi connectivity index (χ0n) is 13.2. The maximum absolute atomic E-state index is 12.2. The van der Waals surface area contributed by atoms with Crippen molar-refractivity contribution in [3.05, 3.63) is 36.2 Å². The van der Waals surface area contributed by atoms with Crippen LogP contribution in [-0.2, 0) is 14.6 Å². The normalized spacial score (nSPS) is 19.3. The lowest BCUT2D eigenvalue weighted by Crippen LogP contribution is -2.20. The highest BCUT2D eigenvalue weighted by molar-refractivity contribution is 7.99. The molecule has 0 radical (unpaired) electrons. The molecule has 3 rings (SSSR count). The number of pyridine rings is 1. The maximum atomic E-state index is 12.2. The van der Waals surface area contributed by atoms with Gasteiger partial charge in [-0.3, -0.25) is 4.79 Å². The number of hydrogen-bond acceptors (Lipinski definition) is 6. The third-order valence-corrected chi connectivity index (χ3v) is 6.36. The molecule has 0 saturated carbocycles. The van der Waals surface area contributed by atoms with Crippen LogP contribution >= 0.6 is 11.8 Å². The lowest BCUT2D eigenvalue weighted by Gasteiger charge is -2.13. The number of sulfone groups is 1. The zero-order valence-corrected chi connectivity index (χ0v) is 14.8. The first kappa shape index (κ1) is 17.0. The van der Waals surface area contributed by atoms with E-state index in [0.29, 0.717) is 12.2 Å². The van der Waals surface area contributed by atoms with Gasteiger partial charge >= 0.3 is 0 Å². The fourth-order valence-corrected chi connectivity index (χ4v) is 4.96. The number of thioether (sulfide) groups is 1. The lowest BCUT2D eigenvalue weighted by molar-refractivity contribution is -0.113. The van der Waals surface area contributed by atoms with Crippen LogP contribution in [0.2, 0.25) is 0 Å². The van der Waals surface area contributed by atoms with Crippen molar-refractivity contribution in [3.63, 3.8) is 0 Å². The monoisotopic (exact) mass is 366 g/mol. The summed E-state index contributed by atoms with van der Waals surface area (Å²) < 4.78 is 25.0. The van der Waals surface area contributed by atoms with Crippen molar-refractivity contribution in [1.82, 2.24) is 14.8 Å². The molecule has 128 valence electrons. The van der Waals surface area contributed by atoms with Crippen LogP contribution in [0, 0.1) is 6.92 Å². The smallest absolute Gasteiger partial charge is 0.235 e. The predicted octanol–water partition coefficient (Wildman–Crippen LogP) is 1.68. The molecule has 7 nitrogen and oxygen atoms in total. The molecule has 1 aliphatic heterocycles. The van der Waals surface area contributed by atoms with Crippen LogP contribution in [0.5, 0.6) is 0 Å². The van der Waals surface area contributed by atoms with Crippen LogP contribution in [0.3, 0.4) is 0 Å². The summed E-state index contributed by atoms with van der Waals surface area (Å²) in [7, 11) is -3.01. The summed E-state index contributed by atoms with van der Waals surface area (Å²) in [6, 6.07) is 7.07. The van der Waals surface area contributed by atoms with Gasteiger partial charge < -0.3 is 5.32 Å². The van der Waals surface area contributed by atoms with Crippen LogP contribution in [0.15, 0.2) is 35.5 Å². The average Bonchev–Trinajstić information content (AvgIpc) is 3.08. The second-order valence-electron chi connectivity index (χ2n) is 5.68. The summed E-state index contributed by atoms with van der Waals surface area (Å²) in [5.74, 6) is 0.831. The molecule has 2 aromatic heterocycles. The van der Waals surface area contributed by atoms with Gasteiger partial charge in [0.25, 0.3) is 0 Å². The Bertz CT molecular complexity index is 834. The van der Waals surface area contributed by atoms with E-state index in [-0.39, 0.29) is 29.2 Å². The van der Waals surface area contributed by atoms with E-state index in [9.17, 15) is 13.2 Å². The molecule has 0 spiro atoms. The third-order valence-electron chi connectivity index (χ3n) is 3.67. The van der Waals surface area contributed by atoms with Crippen molar-refractivity contribution in [2.24, 2.45) is 0 Å². The van der Waals surface area contributed by atoms with Gasteiger partial charge in [-0.1, -0.05) is 17.8 Å². The van der Waals surface area contributed by atoms with Crippen molar-refractivity contribution in [3.8, 4) is 0 Å². The Morgan fingerprint density at radius 1 is 1.46 bits per heavy atom. The second kappa shape index (κ2) is 6.94. The highest BCUT2D eigenvalue weighted by Crippen LogP contribution is 2.27. The topological polar surface area (TPSA) is 94.0 Å². The number of carbonyl (C=O) groups excluding carboxylic acids is 1. The second-order valence-corrected chi connectivity index (χ2v) is 8.90. The molecule has 2 aromatic rings. The first-order valence-corrected chi connectivity index (χ1v) is 10.3. The number of nitrogens with one attached hydrogen (secondary N) is 1. The molecular formula is C15H18N4O3S2. The molecular weight excluding hydrogens is 348 g/mol. The van der Waals surface area contributed by atoms with Gasteiger partial charge in [0, 0.05) is 12.3 Å². The van der Waals surface area contributed by atoms with E-state index in [1.54, 1.807) is 16.9 Å². The van der Waals surface area contributed by atoms with Crippen molar-refractivity contribution in [2.45, 2.75) is 24.4 Å².